The van der Waals surface area contributed by atoms with E-state index in [2.05, 4.69) is 31.4 Å². The van der Waals surface area contributed by atoms with Gasteiger partial charge >= 0.3 is 0 Å². The molecule has 1 aliphatic heterocycles. The lowest BCUT2D eigenvalue weighted by Gasteiger charge is -2.13. The van der Waals surface area contributed by atoms with Gasteiger partial charge in [-0.1, -0.05) is 42.2 Å². The Kier molecular flexibility index (Phi) is 4.41. The van der Waals surface area contributed by atoms with Crippen LogP contribution in [0, 0.1) is 13.8 Å². The van der Waals surface area contributed by atoms with Crippen LogP contribution in [0.25, 0.3) is 6.08 Å². The van der Waals surface area contributed by atoms with Gasteiger partial charge in [-0.05, 0) is 50.6 Å². The highest BCUT2D eigenvalue weighted by atomic mass is 32.2. The molecule has 1 saturated heterocycles. The molecule has 118 valence electrons. The smallest absolute Gasteiger partial charge is 0.270 e. The molecule has 3 rings (SSSR count). The van der Waals surface area contributed by atoms with Crippen LogP contribution in [0.1, 0.15) is 23.9 Å². The van der Waals surface area contributed by atoms with Crippen molar-refractivity contribution in [1.29, 1.82) is 0 Å². The molecule has 0 saturated carbocycles. The maximum Gasteiger partial charge on any atom is 0.270 e. The van der Waals surface area contributed by atoms with Crippen molar-refractivity contribution in [2.45, 2.75) is 27.3 Å². The predicted molar refractivity (Wildman–Crippen MR) is 102 cm³/mol. The zero-order valence-electron chi connectivity index (χ0n) is 13.4. The summed E-state index contributed by atoms with van der Waals surface area (Å²) in [7, 11) is 0. The van der Waals surface area contributed by atoms with Crippen LogP contribution in [-0.4, -0.2) is 14.8 Å². The van der Waals surface area contributed by atoms with Gasteiger partial charge in [0.15, 0.2) is 4.32 Å². The van der Waals surface area contributed by atoms with Gasteiger partial charge in [0, 0.05) is 17.9 Å². The van der Waals surface area contributed by atoms with Gasteiger partial charge in [0.1, 0.15) is 0 Å². The largest absolute Gasteiger partial charge is 0.349 e. The van der Waals surface area contributed by atoms with E-state index in [0.717, 1.165) is 17.8 Å². The normalized spacial score (nSPS) is 16.7. The zero-order valence-corrected chi connectivity index (χ0v) is 15.0. The van der Waals surface area contributed by atoms with Crippen LogP contribution in [0.5, 0.6) is 0 Å². The number of thiocarbonyl (C=S) groups is 1. The highest BCUT2D eigenvalue weighted by molar-refractivity contribution is 8.27. The van der Waals surface area contributed by atoms with E-state index < -0.39 is 0 Å². The number of rotatable bonds is 3. The molecule has 2 heterocycles. The molecule has 1 aromatic heterocycles. The van der Waals surface area contributed by atoms with Gasteiger partial charge in [0.05, 0.1) is 10.6 Å². The second kappa shape index (κ2) is 6.34. The van der Waals surface area contributed by atoms with E-state index in [4.69, 9.17) is 12.2 Å². The molecule has 1 fully saturated rings. The van der Waals surface area contributed by atoms with Crippen LogP contribution in [-0.2, 0) is 11.3 Å². The summed E-state index contributed by atoms with van der Waals surface area (Å²) < 4.78 is 2.82. The molecular weight excluding hydrogens is 324 g/mol. The van der Waals surface area contributed by atoms with Crippen molar-refractivity contribution in [3.05, 3.63) is 58.3 Å². The van der Waals surface area contributed by atoms with Gasteiger partial charge in [-0.15, -0.1) is 0 Å². The van der Waals surface area contributed by atoms with Crippen molar-refractivity contribution in [3.63, 3.8) is 0 Å². The van der Waals surface area contributed by atoms with Gasteiger partial charge in [0.2, 0.25) is 0 Å². The molecular formula is C18H18N2OS2. The van der Waals surface area contributed by atoms with Crippen molar-refractivity contribution in [3.8, 4) is 0 Å². The van der Waals surface area contributed by atoms with E-state index >= 15 is 0 Å². The Hall–Kier alpha value is -1.85. The van der Waals surface area contributed by atoms with Gasteiger partial charge in [-0.2, -0.15) is 0 Å². The lowest BCUT2D eigenvalue weighted by molar-refractivity contribution is -0.113. The quantitative estimate of drug-likeness (QED) is 0.605. The SMILES string of the molecule is CCn1c(C)cc(/C=C2/SC(=S)N(c3ccccc3)C2=O)c1C. The third-order valence-electron chi connectivity index (χ3n) is 4.02. The average Bonchev–Trinajstić information content (AvgIpc) is 2.96. The fourth-order valence-corrected chi connectivity index (χ4v) is 4.16. The van der Waals surface area contributed by atoms with Crippen molar-refractivity contribution in [1.82, 2.24) is 4.57 Å². The van der Waals surface area contributed by atoms with Crippen molar-refractivity contribution >= 4 is 46.0 Å². The molecule has 0 spiro atoms. The molecule has 0 aliphatic carbocycles. The van der Waals surface area contributed by atoms with E-state index in [1.54, 1.807) is 4.90 Å². The highest BCUT2D eigenvalue weighted by Crippen LogP contribution is 2.36. The van der Waals surface area contributed by atoms with Crippen LogP contribution in [0.3, 0.4) is 0 Å². The third kappa shape index (κ3) is 2.86. The molecule has 0 radical (unpaired) electrons. The number of anilines is 1. The molecule has 0 bridgehead atoms. The number of thioether (sulfide) groups is 1. The Morgan fingerprint density at radius 3 is 2.52 bits per heavy atom. The lowest BCUT2D eigenvalue weighted by atomic mass is 10.2. The number of aryl methyl sites for hydroxylation is 1. The van der Waals surface area contributed by atoms with Gasteiger partial charge in [-0.25, -0.2) is 0 Å². The third-order valence-corrected chi connectivity index (χ3v) is 5.33. The number of hydrogen-bond donors (Lipinski definition) is 0. The van der Waals surface area contributed by atoms with Crippen LogP contribution in [0.15, 0.2) is 41.3 Å². The molecule has 3 nitrogen and oxygen atoms in total. The van der Waals surface area contributed by atoms with Crippen LogP contribution in [0.4, 0.5) is 5.69 Å². The fourth-order valence-electron chi connectivity index (χ4n) is 2.87. The highest BCUT2D eigenvalue weighted by Gasteiger charge is 2.33. The van der Waals surface area contributed by atoms with Gasteiger partial charge in [-0.3, -0.25) is 9.69 Å². The average molecular weight is 342 g/mol. The molecule has 23 heavy (non-hydrogen) atoms. The molecule has 2 aromatic rings. The zero-order chi connectivity index (χ0) is 16.6. The van der Waals surface area contributed by atoms with E-state index in [0.29, 0.717) is 9.23 Å². The summed E-state index contributed by atoms with van der Waals surface area (Å²) in [6.45, 7) is 7.22. The Morgan fingerprint density at radius 2 is 1.91 bits per heavy atom. The first-order chi connectivity index (χ1) is 11.0. The van der Waals surface area contributed by atoms with E-state index in [-0.39, 0.29) is 5.91 Å². The van der Waals surface area contributed by atoms with Crippen LogP contribution >= 0.6 is 24.0 Å². The summed E-state index contributed by atoms with van der Waals surface area (Å²) in [5, 5.41) is 0. The maximum atomic E-state index is 12.7. The van der Waals surface area contributed by atoms with E-state index in [9.17, 15) is 4.79 Å². The predicted octanol–water partition coefficient (Wildman–Crippen LogP) is 4.53. The molecule has 0 unspecified atom stereocenters. The molecule has 5 heteroatoms. The van der Waals surface area contributed by atoms with Crippen molar-refractivity contribution < 1.29 is 4.79 Å². The number of carbonyl (C=O) groups excluding carboxylic acids is 1. The Labute approximate surface area is 146 Å². The summed E-state index contributed by atoms with van der Waals surface area (Å²) in [4.78, 5) is 15.0. The summed E-state index contributed by atoms with van der Waals surface area (Å²) in [5.74, 6) is -0.0486. The van der Waals surface area contributed by atoms with Gasteiger partial charge in [0.25, 0.3) is 5.91 Å². The minimum Gasteiger partial charge on any atom is -0.349 e. The lowest BCUT2D eigenvalue weighted by Crippen LogP contribution is -2.27. The number of carbonyl (C=O) groups is 1. The monoisotopic (exact) mass is 342 g/mol. The first-order valence-electron chi connectivity index (χ1n) is 7.52. The number of aromatic nitrogens is 1. The number of amides is 1. The van der Waals surface area contributed by atoms with Crippen molar-refractivity contribution in [2.75, 3.05) is 4.90 Å². The topological polar surface area (TPSA) is 25.2 Å². The number of hydrogen-bond acceptors (Lipinski definition) is 3. The summed E-state index contributed by atoms with van der Waals surface area (Å²) in [5.41, 5.74) is 4.28. The Bertz CT molecular complexity index is 806. The number of para-hydroxylation sites is 1. The standard InChI is InChI=1S/C18H18N2OS2/c1-4-19-12(2)10-14(13(19)3)11-16-17(21)20(18(22)23-16)15-8-6-5-7-9-15/h5-11H,4H2,1-3H3/b16-11+. The Morgan fingerprint density at radius 1 is 1.22 bits per heavy atom. The minimum absolute atomic E-state index is 0.0486. The molecule has 1 aliphatic rings. The van der Waals surface area contributed by atoms with Crippen LogP contribution in [0.2, 0.25) is 0 Å². The molecule has 1 amide bonds. The fraction of sp³-hybridized carbons (Fsp3) is 0.222. The summed E-state index contributed by atoms with van der Waals surface area (Å²) in [6, 6.07) is 11.7. The van der Waals surface area contributed by atoms with E-state index in [1.165, 1.54) is 23.1 Å². The van der Waals surface area contributed by atoms with Gasteiger partial charge < -0.3 is 4.57 Å². The minimum atomic E-state index is -0.0486. The summed E-state index contributed by atoms with van der Waals surface area (Å²) >= 11 is 6.76. The second-order valence-corrected chi connectivity index (χ2v) is 7.10. The van der Waals surface area contributed by atoms with Crippen LogP contribution < -0.4 is 4.90 Å². The van der Waals surface area contributed by atoms with E-state index in [1.807, 2.05) is 36.4 Å². The number of nitrogens with zero attached hydrogens (tertiary/aromatic N) is 2. The summed E-state index contributed by atoms with van der Waals surface area (Å²) in [6.07, 6.45) is 1.96. The molecule has 0 atom stereocenters. The number of benzene rings is 1. The molecule has 0 N–H and O–H groups in total. The second-order valence-electron chi connectivity index (χ2n) is 5.42. The molecule has 1 aromatic carbocycles. The Balaban J connectivity index is 1.97. The maximum absolute atomic E-state index is 12.7. The van der Waals surface area contributed by atoms with Crippen molar-refractivity contribution in [2.24, 2.45) is 0 Å². The first kappa shape index (κ1) is 16.0. The first-order valence-corrected chi connectivity index (χ1v) is 8.75.